The molecule has 0 amide bonds. The maximum absolute atomic E-state index is 5.98. The van der Waals surface area contributed by atoms with Gasteiger partial charge in [0.1, 0.15) is 0 Å². The van der Waals surface area contributed by atoms with E-state index in [4.69, 9.17) is 10.5 Å². The summed E-state index contributed by atoms with van der Waals surface area (Å²) in [5, 5.41) is 3.24. The van der Waals surface area contributed by atoms with Crippen LogP contribution < -0.4 is 11.1 Å². The van der Waals surface area contributed by atoms with E-state index in [0.717, 1.165) is 58.3 Å². The smallest absolute Gasteiger partial charge is 0.188 e. The van der Waals surface area contributed by atoms with E-state index in [1.165, 1.54) is 25.9 Å². The van der Waals surface area contributed by atoms with Crippen molar-refractivity contribution >= 4 is 29.9 Å². The van der Waals surface area contributed by atoms with Crippen LogP contribution in [0.1, 0.15) is 33.1 Å². The van der Waals surface area contributed by atoms with Crippen molar-refractivity contribution in [1.29, 1.82) is 0 Å². The molecular weight excluding hydrogens is 417 g/mol. The van der Waals surface area contributed by atoms with Gasteiger partial charge in [0.25, 0.3) is 0 Å². The molecule has 1 atom stereocenters. The number of morpholine rings is 1. The molecule has 6 nitrogen and oxygen atoms in total. The van der Waals surface area contributed by atoms with E-state index in [-0.39, 0.29) is 24.0 Å². The second-order valence-corrected chi connectivity index (χ2v) is 7.03. The van der Waals surface area contributed by atoms with Gasteiger partial charge in [0.2, 0.25) is 0 Å². The maximum atomic E-state index is 5.98. The van der Waals surface area contributed by atoms with Crippen molar-refractivity contribution in [2.45, 2.75) is 39.2 Å². The number of hydrogen-bond donors (Lipinski definition) is 2. The topological polar surface area (TPSA) is 66.1 Å². The summed E-state index contributed by atoms with van der Waals surface area (Å²) in [6.07, 6.45) is 3.71. The first-order chi connectivity index (χ1) is 11.1. The van der Waals surface area contributed by atoms with Gasteiger partial charge in [-0.05, 0) is 51.7 Å². The first-order valence-corrected chi connectivity index (χ1v) is 9.23. The van der Waals surface area contributed by atoms with Gasteiger partial charge in [-0.15, -0.1) is 24.0 Å². The van der Waals surface area contributed by atoms with E-state index in [1.807, 2.05) is 0 Å². The Morgan fingerprint density at radius 1 is 1.25 bits per heavy atom. The number of nitrogens with zero attached hydrogens (tertiary/aromatic N) is 3. The number of ether oxygens (including phenoxy) is 1. The number of rotatable bonds is 7. The van der Waals surface area contributed by atoms with Gasteiger partial charge < -0.3 is 15.8 Å². The van der Waals surface area contributed by atoms with Crippen molar-refractivity contribution in [2.75, 3.05) is 59.0 Å². The lowest BCUT2D eigenvalue weighted by molar-refractivity contribution is 0.0376. The highest BCUT2D eigenvalue weighted by molar-refractivity contribution is 14.0. The zero-order valence-electron chi connectivity index (χ0n) is 15.4. The molecule has 24 heavy (non-hydrogen) atoms. The Morgan fingerprint density at radius 2 is 1.92 bits per heavy atom. The summed E-state index contributed by atoms with van der Waals surface area (Å²) in [6, 6.07) is 0.483. The minimum absolute atomic E-state index is 0. The zero-order valence-corrected chi connectivity index (χ0v) is 17.7. The molecule has 3 N–H and O–H groups in total. The number of hydrogen-bond acceptors (Lipinski definition) is 4. The monoisotopic (exact) mass is 453 g/mol. The molecule has 0 aromatic rings. The summed E-state index contributed by atoms with van der Waals surface area (Å²) in [5.41, 5.74) is 5.98. The van der Waals surface area contributed by atoms with E-state index in [0.29, 0.717) is 12.0 Å². The Labute approximate surface area is 164 Å². The molecule has 2 fully saturated rings. The second-order valence-electron chi connectivity index (χ2n) is 7.03. The molecule has 0 saturated carbocycles. The summed E-state index contributed by atoms with van der Waals surface area (Å²) >= 11 is 0. The zero-order chi connectivity index (χ0) is 16.5. The van der Waals surface area contributed by atoms with Crippen LogP contribution in [-0.2, 0) is 4.74 Å². The molecule has 2 aliphatic heterocycles. The maximum Gasteiger partial charge on any atom is 0.188 e. The number of nitrogens with one attached hydrogen (secondary N) is 1. The van der Waals surface area contributed by atoms with Crippen LogP contribution in [0.15, 0.2) is 4.99 Å². The number of aliphatic imine (C=N–C) groups is 1. The quantitative estimate of drug-likeness (QED) is 0.264. The van der Waals surface area contributed by atoms with Crippen LogP contribution in [0.5, 0.6) is 0 Å². The van der Waals surface area contributed by atoms with Gasteiger partial charge in [-0.3, -0.25) is 14.8 Å². The van der Waals surface area contributed by atoms with E-state index >= 15 is 0 Å². The lowest BCUT2D eigenvalue weighted by Gasteiger charge is -2.34. The van der Waals surface area contributed by atoms with Crippen molar-refractivity contribution in [1.82, 2.24) is 15.1 Å². The van der Waals surface area contributed by atoms with Gasteiger partial charge in [0.15, 0.2) is 5.96 Å². The van der Waals surface area contributed by atoms with Crippen LogP contribution in [0.3, 0.4) is 0 Å². The summed E-state index contributed by atoms with van der Waals surface area (Å²) in [4.78, 5) is 9.49. The second kappa shape index (κ2) is 12.3. The van der Waals surface area contributed by atoms with Crippen molar-refractivity contribution in [3.63, 3.8) is 0 Å². The molecule has 0 aliphatic carbocycles. The van der Waals surface area contributed by atoms with Crippen molar-refractivity contribution < 1.29 is 4.74 Å². The van der Waals surface area contributed by atoms with Crippen LogP contribution in [0, 0.1) is 5.92 Å². The Bertz CT molecular complexity index is 355. The van der Waals surface area contributed by atoms with E-state index in [1.54, 1.807) is 0 Å². The molecule has 1 unspecified atom stereocenters. The third-order valence-electron chi connectivity index (χ3n) is 5.03. The molecule has 2 aliphatic rings. The average Bonchev–Trinajstić information content (AvgIpc) is 2.58. The fourth-order valence-electron chi connectivity index (χ4n) is 3.22. The summed E-state index contributed by atoms with van der Waals surface area (Å²) < 4.78 is 5.35. The Morgan fingerprint density at radius 3 is 2.58 bits per heavy atom. The van der Waals surface area contributed by atoms with Crippen LogP contribution in [0.4, 0.5) is 0 Å². The number of likely N-dealkylation sites (tertiary alicyclic amines) is 1. The molecule has 0 radical (unpaired) electrons. The molecule has 0 bridgehead atoms. The SMILES string of the molecule is CC1CCN(C(C)CN=C(N)NCCCN2CCOCC2)CC1.I. The number of guanidine groups is 1. The summed E-state index contributed by atoms with van der Waals surface area (Å²) in [6.45, 7) is 13.6. The third-order valence-corrected chi connectivity index (χ3v) is 5.03. The standard InChI is InChI=1S/C17H35N5O.HI/c1-15-4-8-22(9-5-15)16(2)14-20-17(18)19-6-3-7-21-10-12-23-13-11-21;/h15-16H,3-14H2,1-2H3,(H3,18,19,20);1H. The highest BCUT2D eigenvalue weighted by Gasteiger charge is 2.19. The fourth-order valence-corrected chi connectivity index (χ4v) is 3.22. The Hall–Kier alpha value is -0.120. The first kappa shape index (κ1) is 21.9. The van der Waals surface area contributed by atoms with E-state index < -0.39 is 0 Å². The molecular formula is C17H36IN5O. The molecule has 2 rings (SSSR count). The normalized spacial score (nSPS) is 22.8. The van der Waals surface area contributed by atoms with Crippen LogP contribution in [-0.4, -0.2) is 80.8 Å². The van der Waals surface area contributed by atoms with Gasteiger partial charge >= 0.3 is 0 Å². The Kier molecular flexibility index (Phi) is 11.2. The van der Waals surface area contributed by atoms with Crippen molar-refractivity contribution in [2.24, 2.45) is 16.6 Å². The van der Waals surface area contributed by atoms with Gasteiger partial charge in [-0.1, -0.05) is 6.92 Å². The van der Waals surface area contributed by atoms with Crippen molar-refractivity contribution in [3.05, 3.63) is 0 Å². The number of piperidine rings is 1. The van der Waals surface area contributed by atoms with E-state index in [2.05, 4.69) is 34.0 Å². The predicted molar refractivity (Wildman–Crippen MR) is 111 cm³/mol. The summed E-state index contributed by atoms with van der Waals surface area (Å²) in [5.74, 6) is 1.46. The number of halogens is 1. The fraction of sp³-hybridized carbons (Fsp3) is 0.941. The minimum atomic E-state index is 0. The van der Waals surface area contributed by atoms with E-state index in [9.17, 15) is 0 Å². The molecule has 2 heterocycles. The number of nitrogens with two attached hydrogens (primary N) is 1. The lowest BCUT2D eigenvalue weighted by Crippen LogP contribution is -2.42. The first-order valence-electron chi connectivity index (χ1n) is 9.23. The molecule has 0 aromatic heterocycles. The largest absolute Gasteiger partial charge is 0.379 e. The summed E-state index contributed by atoms with van der Waals surface area (Å²) in [7, 11) is 0. The highest BCUT2D eigenvalue weighted by Crippen LogP contribution is 2.17. The molecule has 2 saturated heterocycles. The predicted octanol–water partition coefficient (Wildman–Crippen LogP) is 1.35. The van der Waals surface area contributed by atoms with Crippen molar-refractivity contribution in [3.8, 4) is 0 Å². The van der Waals surface area contributed by atoms with Crippen LogP contribution >= 0.6 is 24.0 Å². The molecule has 7 heteroatoms. The molecule has 0 aromatic carbocycles. The van der Waals surface area contributed by atoms with Gasteiger partial charge in [-0.2, -0.15) is 0 Å². The van der Waals surface area contributed by atoms with Crippen LogP contribution in [0.2, 0.25) is 0 Å². The van der Waals surface area contributed by atoms with Gasteiger partial charge in [0, 0.05) is 25.7 Å². The highest BCUT2D eigenvalue weighted by atomic mass is 127. The molecule has 0 spiro atoms. The average molecular weight is 453 g/mol. The Balaban J connectivity index is 0.00000288. The van der Waals surface area contributed by atoms with Gasteiger partial charge in [-0.25, -0.2) is 0 Å². The third kappa shape index (κ3) is 8.31. The van der Waals surface area contributed by atoms with Crippen LogP contribution in [0.25, 0.3) is 0 Å². The lowest BCUT2D eigenvalue weighted by atomic mass is 9.98. The minimum Gasteiger partial charge on any atom is -0.379 e. The van der Waals surface area contributed by atoms with Gasteiger partial charge in [0.05, 0.1) is 19.8 Å². The molecule has 142 valence electrons.